The van der Waals surface area contributed by atoms with Gasteiger partial charge >= 0.3 is 0 Å². The van der Waals surface area contributed by atoms with Gasteiger partial charge in [0, 0.05) is 24.1 Å². The number of nitrogens with one attached hydrogen (secondary N) is 1. The van der Waals surface area contributed by atoms with E-state index in [2.05, 4.69) is 10.1 Å². The summed E-state index contributed by atoms with van der Waals surface area (Å²) in [5, 5.41) is 12.6. The third kappa shape index (κ3) is 7.41. The molecule has 3 aromatic rings. The number of unbranched alkanes of at least 4 members (excludes halogenated alkanes) is 2. The fourth-order valence-electron chi connectivity index (χ4n) is 3.35. The summed E-state index contributed by atoms with van der Waals surface area (Å²) in [7, 11) is 0. The average molecular weight is 467 g/mol. The van der Waals surface area contributed by atoms with Crippen LogP contribution in [0.1, 0.15) is 51.3 Å². The van der Waals surface area contributed by atoms with Crippen molar-refractivity contribution >= 4 is 17.5 Å². The summed E-state index contributed by atoms with van der Waals surface area (Å²) >= 11 is 0. The van der Waals surface area contributed by atoms with Gasteiger partial charge in [-0.2, -0.15) is 4.98 Å². The minimum Gasteiger partial charge on any atom is -0.494 e. The first kappa shape index (κ1) is 24.9. The number of carbonyl (C=O) groups excluding carboxylic acids is 2. The Labute approximate surface area is 198 Å². The number of hydrogen-bond donors (Lipinski definition) is 2. The summed E-state index contributed by atoms with van der Waals surface area (Å²) in [4.78, 5) is 30.3. The SMILES string of the molecule is CCCOc1ccc(N(Cc2noc(-c3ccccc3)n2)C(=O)CCCCCC(=O)NO)cc1. The van der Waals surface area contributed by atoms with Crippen LogP contribution in [0.25, 0.3) is 11.5 Å². The van der Waals surface area contributed by atoms with E-state index in [-0.39, 0.29) is 18.9 Å². The second kappa shape index (κ2) is 13.1. The molecule has 0 bridgehead atoms. The smallest absolute Gasteiger partial charge is 0.257 e. The molecule has 1 heterocycles. The maximum atomic E-state index is 13.1. The van der Waals surface area contributed by atoms with Gasteiger partial charge in [0.1, 0.15) is 5.75 Å². The van der Waals surface area contributed by atoms with Crippen LogP contribution in [0.4, 0.5) is 5.69 Å². The number of ether oxygens (including phenoxy) is 1. The van der Waals surface area contributed by atoms with Crippen LogP contribution >= 0.6 is 0 Å². The van der Waals surface area contributed by atoms with E-state index in [0.717, 1.165) is 17.7 Å². The van der Waals surface area contributed by atoms with Crippen molar-refractivity contribution in [1.29, 1.82) is 0 Å². The molecule has 0 aliphatic heterocycles. The Balaban J connectivity index is 1.69. The van der Waals surface area contributed by atoms with Crippen molar-refractivity contribution in [3.8, 4) is 17.2 Å². The predicted molar refractivity (Wildman–Crippen MR) is 126 cm³/mol. The topological polar surface area (TPSA) is 118 Å². The van der Waals surface area contributed by atoms with Gasteiger partial charge in [0.25, 0.3) is 5.89 Å². The van der Waals surface area contributed by atoms with E-state index in [4.69, 9.17) is 14.5 Å². The zero-order valence-corrected chi connectivity index (χ0v) is 19.3. The molecular weight excluding hydrogens is 436 g/mol. The Morgan fingerprint density at radius 1 is 1.03 bits per heavy atom. The lowest BCUT2D eigenvalue weighted by Crippen LogP contribution is -2.30. The lowest BCUT2D eigenvalue weighted by Gasteiger charge is -2.22. The number of hydrogen-bond acceptors (Lipinski definition) is 7. The average Bonchev–Trinajstić information content (AvgIpc) is 3.35. The van der Waals surface area contributed by atoms with Gasteiger partial charge in [-0.25, -0.2) is 5.48 Å². The Bertz CT molecular complexity index is 1040. The molecule has 2 amide bonds. The van der Waals surface area contributed by atoms with Crippen LogP contribution in [-0.2, 0) is 16.1 Å². The largest absolute Gasteiger partial charge is 0.494 e. The fraction of sp³-hybridized carbons (Fsp3) is 0.360. The molecule has 180 valence electrons. The molecule has 2 aromatic carbocycles. The van der Waals surface area contributed by atoms with Gasteiger partial charge in [-0.1, -0.05) is 36.7 Å². The monoisotopic (exact) mass is 466 g/mol. The number of anilines is 1. The summed E-state index contributed by atoms with van der Waals surface area (Å²) in [6, 6.07) is 16.8. The number of amides is 2. The number of benzene rings is 2. The molecule has 9 nitrogen and oxygen atoms in total. The lowest BCUT2D eigenvalue weighted by molar-refractivity contribution is -0.129. The molecule has 0 spiro atoms. The van der Waals surface area contributed by atoms with E-state index < -0.39 is 5.91 Å². The second-order valence-electron chi connectivity index (χ2n) is 7.80. The van der Waals surface area contributed by atoms with Crippen LogP contribution in [0.5, 0.6) is 5.75 Å². The molecule has 0 saturated carbocycles. The second-order valence-corrected chi connectivity index (χ2v) is 7.80. The van der Waals surface area contributed by atoms with Crippen molar-refractivity contribution in [3.63, 3.8) is 0 Å². The molecule has 0 unspecified atom stereocenters. The number of hydroxylamine groups is 1. The highest BCUT2D eigenvalue weighted by molar-refractivity contribution is 5.93. The minimum atomic E-state index is -0.426. The highest BCUT2D eigenvalue weighted by atomic mass is 16.5. The summed E-state index contributed by atoms with van der Waals surface area (Å²) in [5.74, 6) is 1.03. The minimum absolute atomic E-state index is 0.0834. The maximum absolute atomic E-state index is 13.1. The Morgan fingerprint density at radius 3 is 2.47 bits per heavy atom. The van der Waals surface area contributed by atoms with Crippen LogP contribution in [-0.4, -0.2) is 33.8 Å². The van der Waals surface area contributed by atoms with Crippen LogP contribution in [0.2, 0.25) is 0 Å². The molecular formula is C25H30N4O5. The summed E-state index contributed by atoms with van der Waals surface area (Å²) in [6.45, 7) is 2.83. The predicted octanol–water partition coefficient (Wildman–Crippen LogP) is 4.51. The standard InChI is InChI=1S/C25H30N4O5/c1-2-17-33-21-15-13-20(14-16-21)29(24(31)12-8-4-7-11-23(30)27-32)18-22-26-25(34-28-22)19-9-5-3-6-10-19/h3,5-6,9-10,13-16,32H,2,4,7-8,11-12,17-18H2,1H3,(H,27,30). The summed E-state index contributed by atoms with van der Waals surface area (Å²) < 4.78 is 11.0. The van der Waals surface area contributed by atoms with Gasteiger partial charge in [0.15, 0.2) is 5.82 Å². The highest BCUT2D eigenvalue weighted by Crippen LogP contribution is 2.24. The molecule has 0 aliphatic carbocycles. The van der Waals surface area contributed by atoms with Crippen molar-refractivity contribution < 1.29 is 24.1 Å². The first-order valence-corrected chi connectivity index (χ1v) is 11.4. The Hall–Kier alpha value is -3.72. The van der Waals surface area contributed by atoms with Gasteiger partial charge in [-0.15, -0.1) is 0 Å². The number of nitrogens with zero attached hydrogens (tertiary/aromatic N) is 3. The van der Waals surface area contributed by atoms with Crippen molar-refractivity contribution in [2.24, 2.45) is 0 Å². The molecule has 0 atom stereocenters. The van der Waals surface area contributed by atoms with E-state index in [1.54, 1.807) is 10.4 Å². The van der Waals surface area contributed by atoms with E-state index in [1.165, 1.54) is 0 Å². The Kier molecular flexibility index (Phi) is 9.60. The first-order valence-electron chi connectivity index (χ1n) is 11.4. The molecule has 1 aromatic heterocycles. The third-order valence-corrected chi connectivity index (χ3v) is 5.13. The first-order chi connectivity index (χ1) is 16.6. The van der Waals surface area contributed by atoms with Crippen molar-refractivity contribution in [2.45, 2.75) is 52.0 Å². The zero-order valence-electron chi connectivity index (χ0n) is 19.3. The molecule has 0 aliphatic rings. The molecule has 3 rings (SSSR count). The fourth-order valence-corrected chi connectivity index (χ4v) is 3.35. The van der Waals surface area contributed by atoms with Gasteiger partial charge in [-0.3, -0.25) is 14.8 Å². The molecule has 34 heavy (non-hydrogen) atoms. The van der Waals surface area contributed by atoms with Crippen LogP contribution in [0.3, 0.4) is 0 Å². The summed E-state index contributed by atoms with van der Waals surface area (Å²) in [6.07, 6.45) is 3.34. The molecule has 0 fully saturated rings. The number of rotatable bonds is 13. The molecule has 9 heteroatoms. The molecule has 0 saturated heterocycles. The van der Waals surface area contributed by atoms with E-state index in [9.17, 15) is 9.59 Å². The van der Waals surface area contributed by atoms with Crippen molar-refractivity contribution in [1.82, 2.24) is 15.6 Å². The van der Waals surface area contributed by atoms with Crippen molar-refractivity contribution in [2.75, 3.05) is 11.5 Å². The maximum Gasteiger partial charge on any atom is 0.257 e. The van der Waals surface area contributed by atoms with E-state index in [0.29, 0.717) is 49.7 Å². The molecule has 0 radical (unpaired) electrons. The van der Waals surface area contributed by atoms with Crippen LogP contribution in [0.15, 0.2) is 59.1 Å². The number of aromatic nitrogens is 2. The Morgan fingerprint density at radius 2 is 1.76 bits per heavy atom. The summed E-state index contributed by atoms with van der Waals surface area (Å²) in [5.41, 5.74) is 3.13. The quantitative estimate of drug-likeness (QED) is 0.216. The zero-order chi connectivity index (χ0) is 24.2. The number of carbonyl (C=O) groups is 2. The van der Waals surface area contributed by atoms with Gasteiger partial charge in [0.05, 0.1) is 13.2 Å². The van der Waals surface area contributed by atoms with Crippen LogP contribution in [0, 0.1) is 0 Å². The molecule has 2 N–H and O–H groups in total. The normalized spacial score (nSPS) is 10.6. The lowest BCUT2D eigenvalue weighted by atomic mass is 10.1. The third-order valence-electron chi connectivity index (χ3n) is 5.13. The van der Waals surface area contributed by atoms with Gasteiger partial charge in [-0.05, 0) is 55.7 Å². The highest BCUT2D eigenvalue weighted by Gasteiger charge is 2.20. The van der Waals surface area contributed by atoms with Crippen LogP contribution < -0.4 is 15.1 Å². The van der Waals surface area contributed by atoms with Gasteiger partial charge < -0.3 is 14.2 Å². The van der Waals surface area contributed by atoms with E-state index in [1.807, 2.05) is 61.5 Å². The van der Waals surface area contributed by atoms with Crippen molar-refractivity contribution in [3.05, 3.63) is 60.4 Å². The van der Waals surface area contributed by atoms with Gasteiger partial charge in [0.2, 0.25) is 11.8 Å². The van der Waals surface area contributed by atoms with E-state index >= 15 is 0 Å².